The Morgan fingerprint density at radius 2 is 2.15 bits per heavy atom. The molecule has 1 aromatic rings. The Morgan fingerprint density at radius 3 is 2.65 bits per heavy atom. The number of sulfone groups is 1. The molecule has 1 N–H and O–H groups in total. The first-order valence-corrected chi connectivity index (χ1v) is 9.14. The predicted octanol–water partition coefficient (Wildman–Crippen LogP) is 1.59. The number of rotatable bonds is 4. The van der Waals surface area contributed by atoms with Crippen molar-refractivity contribution in [3.05, 3.63) is 17.5 Å². The number of aromatic nitrogens is 2. The van der Waals surface area contributed by atoms with E-state index in [1.165, 1.54) is 11.8 Å². The quantitative estimate of drug-likeness (QED) is 0.917. The smallest absolute Gasteiger partial charge is 0.150 e. The van der Waals surface area contributed by atoms with Crippen LogP contribution >= 0.6 is 0 Å². The Morgan fingerprint density at radius 1 is 1.45 bits per heavy atom. The van der Waals surface area contributed by atoms with Gasteiger partial charge in [0.1, 0.15) is 9.84 Å². The van der Waals surface area contributed by atoms with Gasteiger partial charge < -0.3 is 5.32 Å². The summed E-state index contributed by atoms with van der Waals surface area (Å²) in [6.45, 7) is 2.01. The molecule has 1 fully saturated rings. The van der Waals surface area contributed by atoms with Crippen molar-refractivity contribution in [2.75, 3.05) is 13.3 Å². The van der Waals surface area contributed by atoms with E-state index in [1.807, 2.05) is 31.9 Å². The highest BCUT2D eigenvalue weighted by molar-refractivity contribution is 7.91. The molecule has 1 saturated carbocycles. The minimum absolute atomic E-state index is 0.186. The van der Waals surface area contributed by atoms with Crippen LogP contribution in [0.1, 0.15) is 43.0 Å². The second-order valence-electron chi connectivity index (χ2n) is 5.99. The number of nitrogens with zero attached hydrogens (tertiary/aromatic N) is 2. The molecule has 0 aliphatic heterocycles. The zero-order valence-electron chi connectivity index (χ0n) is 12.8. The maximum absolute atomic E-state index is 11.8. The summed E-state index contributed by atoms with van der Waals surface area (Å²) >= 11 is 0. The van der Waals surface area contributed by atoms with Crippen LogP contribution < -0.4 is 5.32 Å². The fourth-order valence-corrected chi connectivity index (χ4v) is 4.63. The van der Waals surface area contributed by atoms with E-state index in [1.54, 1.807) is 0 Å². The van der Waals surface area contributed by atoms with Gasteiger partial charge in [-0.3, -0.25) is 4.68 Å². The third-order valence-corrected chi connectivity index (χ3v) is 6.08. The molecule has 3 unspecified atom stereocenters. The van der Waals surface area contributed by atoms with E-state index in [0.717, 1.165) is 31.4 Å². The van der Waals surface area contributed by atoms with Crippen molar-refractivity contribution in [2.45, 2.75) is 43.9 Å². The van der Waals surface area contributed by atoms with E-state index in [4.69, 9.17) is 0 Å². The maximum atomic E-state index is 11.8. The van der Waals surface area contributed by atoms with Crippen LogP contribution in [0.2, 0.25) is 0 Å². The topological polar surface area (TPSA) is 64.0 Å². The number of hydrogen-bond acceptors (Lipinski definition) is 4. The molecule has 1 aliphatic rings. The molecule has 1 heterocycles. The molecule has 0 saturated heterocycles. The van der Waals surface area contributed by atoms with Crippen LogP contribution in [0.15, 0.2) is 6.20 Å². The second-order valence-corrected chi connectivity index (χ2v) is 8.31. The van der Waals surface area contributed by atoms with Crippen molar-refractivity contribution in [3.63, 3.8) is 0 Å². The van der Waals surface area contributed by atoms with Gasteiger partial charge in [0.2, 0.25) is 0 Å². The van der Waals surface area contributed by atoms with Gasteiger partial charge in [-0.2, -0.15) is 5.10 Å². The zero-order chi connectivity index (χ0) is 14.9. The lowest BCUT2D eigenvalue weighted by atomic mass is 9.81. The first kappa shape index (κ1) is 15.5. The molecule has 0 bridgehead atoms. The van der Waals surface area contributed by atoms with Crippen molar-refractivity contribution < 1.29 is 8.42 Å². The van der Waals surface area contributed by atoms with Gasteiger partial charge in [0.25, 0.3) is 0 Å². The maximum Gasteiger partial charge on any atom is 0.150 e. The third kappa shape index (κ3) is 3.23. The first-order chi connectivity index (χ1) is 9.32. The van der Waals surface area contributed by atoms with Crippen LogP contribution in [-0.2, 0) is 16.9 Å². The van der Waals surface area contributed by atoms with E-state index in [-0.39, 0.29) is 11.3 Å². The fraction of sp³-hybridized carbons (Fsp3) is 0.786. The van der Waals surface area contributed by atoms with Gasteiger partial charge in [-0.05, 0) is 39.2 Å². The normalized spacial score (nSPS) is 25.6. The average Bonchev–Trinajstić information content (AvgIpc) is 2.69. The van der Waals surface area contributed by atoms with Gasteiger partial charge in [0, 0.05) is 31.1 Å². The Bertz CT molecular complexity index is 565. The van der Waals surface area contributed by atoms with Gasteiger partial charge in [-0.25, -0.2) is 8.42 Å². The van der Waals surface area contributed by atoms with Crippen molar-refractivity contribution in [3.8, 4) is 0 Å². The molecule has 3 atom stereocenters. The molecule has 20 heavy (non-hydrogen) atoms. The van der Waals surface area contributed by atoms with Crippen LogP contribution in [0.25, 0.3) is 0 Å². The molecule has 2 rings (SSSR count). The molecule has 0 amide bonds. The van der Waals surface area contributed by atoms with Crippen LogP contribution in [0, 0.1) is 12.8 Å². The Labute approximate surface area is 121 Å². The highest BCUT2D eigenvalue weighted by Crippen LogP contribution is 2.37. The molecule has 5 nitrogen and oxygen atoms in total. The van der Waals surface area contributed by atoms with Gasteiger partial charge in [-0.15, -0.1) is 0 Å². The van der Waals surface area contributed by atoms with E-state index in [9.17, 15) is 8.42 Å². The Kier molecular flexibility index (Phi) is 4.54. The lowest BCUT2D eigenvalue weighted by molar-refractivity contribution is 0.282. The number of hydrogen-bond donors (Lipinski definition) is 1. The van der Waals surface area contributed by atoms with Crippen LogP contribution in [-0.4, -0.2) is 36.8 Å². The van der Waals surface area contributed by atoms with Crippen LogP contribution in [0.4, 0.5) is 0 Å². The molecule has 0 aromatic carbocycles. The van der Waals surface area contributed by atoms with Crippen molar-refractivity contribution >= 4 is 9.84 Å². The molecule has 6 heteroatoms. The number of nitrogens with one attached hydrogen (secondary N) is 1. The standard InChI is InChI=1S/C14H25N3O2S/c1-10-13(9-17(3)16-10)14(15-2)11-6-5-7-12(8-11)20(4,18)19/h9,11-12,14-15H,5-8H2,1-4H3. The lowest BCUT2D eigenvalue weighted by Gasteiger charge is -2.33. The zero-order valence-corrected chi connectivity index (χ0v) is 13.6. The van der Waals surface area contributed by atoms with Crippen molar-refractivity contribution in [1.82, 2.24) is 15.1 Å². The van der Waals surface area contributed by atoms with Gasteiger partial charge >= 0.3 is 0 Å². The molecule has 0 radical (unpaired) electrons. The summed E-state index contributed by atoms with van der Waals surface area (Å²) in [6, 6.07) is 0.188. The van der Waals surface area contributed by atoms with Crippen LogP contribution in [0.5, 0.6) is 0 Å². The highest BCUT2D eigenvalue weighted by Gasteiger charge is 2.34. The first-order valence-electron chi connectivity index (χ1n) is 7.19. The summed E-state index contributed by atoms with van der Waals surface area (Å²) in [7, 11) is 0.929. The van der Waals surface area contributed by atoms with E-state index < -0.39 is 9.84 Å². The Hall–Kier alpha value is -0.880. The summed E-state index contributed by atoms with van der Waals surface area (Å²) in [5, 5.41) is 7.58. The molecule has 1 aromatic heterocycles. The predicted molar refractivity (Wildman–Crippen MR) is 80.3 cm³/mol. The van der Waals surface area contributed by atoms with Gasteiger partial charge in [0.05, 0.1) is 10.9 Å². The molecular formula is C14H25N3O2S. The van der Waals surface area contributed by atoms with E-state index in [0.29, 0.717) is 5.92 Å². The summed E-state index contributed by atoms with van der Waals surface area (Å²) in [5.74, 6) is 0.358. The summed E-state index contributed by atoms with van der Waals surface area (Å²) in [5.41, 5.74) is 2.21. The third-order valence-electron chi connectivity index (χ3n) is 4.44. The van der Waals surface area contributed by atoms with Crippen LogP contribution in [0.3, 0.4) is 0 Å². The molecule has 0 spiro atoms. The summed E-state index contributed by atoms with van der Waals surface area (Å²) in [6.07, 6.45) is 7.02. The van der Waals surface area contributed by atoms with Crippen molar-refractivity contribution in [1.29, 1.82) is 0 Å². The minimum atomic E-state index is -2.94. The summed E-state index contributed by atoms with van der Waals surface area (Å²) in [4.78, 5) is 0. The highest BCUT2D eigenvalue weighted by atomic mass is 32.2. The average molecular weight is 299 g/mol. The summed E-state index contributed by atoms with van der Waals surface area (Å²) < 4.78 is 25.5. The Balaban J connectivity index is 2.21. The van der Waals surface area contributed by atoms with Gasteiger partial charge in [-0.1, -0.05) is 6.42 Å². The largest absolute Gasteiger partial charge is 0.313 e. The molecular weight excluding hydrogens is 274 g/mol. The van der Waals surface area contributed by atoms with Crippen molar-refractivity contribution in [2.24, 2.45) is 13.0 Å². The molecule has 1 aliphatic carbocycles. The lowest BCUT2D eigenvalue weighted by Crippen LogP contribution is -2.34. The molecule has 114 valence electrons. The second kappa shape index (κ2) is 5.85. The van der Waals surface area contributed by atoms with Gasteiger partial charge in [0.15, 0.2) is 0 Å². The minimum Gasteiger partial charge on any atom is -0.313 e. The van der Waals surface area contributed by atoms with E-state index >= 15 is 0 Å². The number of aryl methyl sites for hydroxylation is 2. The SMILES string of the molecule is CNC(c1cn(C)nc1C)C1CCCC(S(C)(=O)=O)C1. The monoisotopic (exact) mass is 299 g/mol. The van der Waals surface area contributed by atoms with E-state index in [2.05, 4.69) is 10.4 Å². The fourth-order valence-electron chi connectivity index (χ4n) is 3.44.